The van der Waals surface area contributed by atoms with Crippen LogP contribution in [0.5, 0.6) is 0 Å². The molecule has 0 bridgehead atoms. The molecule has 1 amide bonds. The first-order chi connectivity index (χ1) is 12.8. The number of primary sulfonamides is 1. The topological polar surface area (TPSA) is 92.5 Å². The molecule has 8 heteroatoms. The summed E-state index contributed by atoms with van der Waals surface area (Å²) in [5.41, 5.74) is 1.72. The molecule has 0 saturated heterocycles. The summed E-state index contributed by atoms with van der Waals surface area (Å²) >= 11 is 0. The summed E-state index contributed by atoms with van der Waals surface area (Å²) < 4.78 is 35.7. The molecule has 0 saturated carbocycles. The standard InChI is InChI=1S/C19H24FN3O3S/c1-2-23(13-16-4-3-5-17(20)12-16)14-19(24)22-11-10-15-6-8-18(9-7-15)27(21,25)26/h3-9,12H,2,10-11,13-14H2,1H3,(H,22,24)(H2,21,25,26). The molecule has 146 valence electrons. The van der Waals surface area contributed by atoms with Gasteiger partial charge in [0.1, 0.15) is 5.82 Å². The lowest BCUT2D eigenvalue weighted by molar-refractivity contribution is -0.122. The zero-order chi connectivity index (χ0) is 19.9. The van der Waals surface area contributed by atoms with Crippen molar-refractivity contribution in [1.29, 1.82) is 0 Å². The SMILES string of the molecule is CCN(CC(=O)NCCc1ccc(S(N)(=O)=O)cc1)Cc1cccc(F)c1. The fraction of sp³-hybridized carbons (Fsp3) is 0.316. The van der Waals surface area contributed by atoms with Gasteiger partial charge >= 0.3 is 0 Å². The maximum absolute atomic E-state index is 13.3. The third kappa shape index (κ3) is 7.09. The summed E-state index contributed by atoms with van der Waals surface area (Å²) in [6, 6.07) is 12.6. The monoisotopic (exact) mass is 393 g/mol. The van der Waals surface area contributed by atoms with Crippen LogP contribution in [0, 0.1) is 5.82 Å². The average Bonchev–Trinajstić information content (AvgIpc) is 2.61. The Hall–Kier alpha value is -2.29. The van der Waals surface area contributed by atoms with Crippen LogP contribution in [0.3, 0.4) is 0 Å². The second kappa shape index (κ2) is 9.59. The highest BCUT2D eigenvalue weighted by Crippen LogP contribution is 2.09. The number of amides is 1. The van der Waals surface area contributed by atoms with Gasteiger partial charge < -0.3 is 5.32 Å². The molecule has 2 aromatic carbocycles. The van der Waals surface area contributed by atoms with Crippen molar-refractivity contribution < 1.29 is 17.6 Å². The van der Waals surface area contributed by atoms with Crippen LogP contribution in [-0.4, -0.2) is 38.9 Å². The summed E-state index contributed by atoms with van der Waals surface area (Å²) in [7, 11) is -3.70. The number of halogens is 1. The first-order valence-electron chi connectivity index (χ1n) is 8.63. The van der Waals surface area contributed by atoms with E-state index in [4.69, 9.17) is 5.14 Å². The van der Waals surface area contributed by atoms with Crippen LogP contribution in [0.15, 0.2) is 53.4 Å². The minimum atomic E-state index is -3.70. The maximum Gasteiger partial charge on any atom is 0.238 e. The second-order valence-electron chi connectivity index (χ2n) is 6.22. The molecular weight excluding hydrogens is 369 g/mol. The molecule has 0 aliphatic rings. The van der Waals surface area contributed by atoms with Crippen LogP contribution < -0.4 is 10.5 Å². The van der Waals surface area contributed by atoms with Crippen molar-refractivity contribution in [2.75, 3.05) is 19.6 Å². The van der Waals surface area contributed by atoms with Crippen LogP contribution in [0.1, 0.15) is 18.1 Å². The molecule has 0 radical (unpaired) electrons. The van der Waals surface area contributed by atoms with Crippen molar-refractivity contribution >= 4 is 15.9 Å². The highest BCUT2D eigenvalue weighted by Gasteiger charge is 2.10. The van der Waals surface area contributed by atoms with Crippen molar-refractivity contribution in [1.82, 2.24) is 10.2 Å². The van der Waals surface area contributed by atoms with E-state index in [1.807, 2.05) is 17.9 Å². The number of carbonyl (C=O) groups excluding carboxylic acids is 1. The lowest BCUT2D eigenvalue weighted by Gasteiger charge is -2.20. The van der Waals surface area contributed by atoms with E-state index in [0.29, 0.717) is 26.1 Å². The first-order valence-corrected chi connectivity index (χ1v) is 10.2. The minimum absolute atomic E-state index is 0.0613. The maximum atomic E-state index is 13.3. The number of hydrogen-bond acceptors (Lipinski definition) is 4. The third-order valence-electron chi connectivity index (χ3n) is 4.10. The van der Waals surface area contributed by atoms with Gasteiger partial charge in [0.25, 0.3) is 0 Å². The van der Waals surface area contributed by atoms with Gasteiger partial charge in [0, 0.05) is 13.1 Å². The zero-order valence-electron chi connectivity index (χ0n) is 15.2. The zero-order valence-corrected chi connectivity index (χ0v) is 16.0. The lowest BCUT2D eigenvalue weighted by Crippen LogP contribution is -2.37. The van der Waals surface area contributed by atoms with Gasteiger partial charge in [-0.3, -0.25) is 9.69 Å². The van der Waals surface area contributed by atoms with E-state index < -0.39 is 10.0 Å². The van der Waals surface area contributed by atoms with Crippen LogP contribution >= 0.6 is 0 Å². The van der Waals surface area contributed by atoms with Crippen LogP contribution in [0.25, 0.3) is 0 Å². The number of carbonyl (C=O) groups is 1. The van der Waals surface area contributed by atoms with Gasteiger partial charge in [-0.15, -0.1) is 0 Å². The second-order valence-corrected chi connectivity index (χ2v) is 7.78. The highest BCUT2D eigenvalue weighted by molar-refractivity contribution is 7.89. The van der Waals surface area contributed by atoms with Gasteiger partial charge in [-0.05, 0) is 48.4 Å². The first kappa shape index (κ1) is 21.0. The molecular formula is C19H24FN3O3S. The van der Waals surface area contributed by atoms with Gasteiger partial charge in [-0.25, -0.2) is 17.9 Å². The Kier molecular flexibility index (Phi) is 7.46. The van der Waals surface area contributed by atoms with E-state index in [0.717, 1.165) is 11.1 Å². The largest absolute Gasteiger partial charge is 0.355 e. The molecule has 0 spiro atoms. The normalized spacial score (nSPS) is 11.6. The van der Waals surface area contributed by atoms with E-state index in [-0.39, 0.29) is 23.2 Å². The van der Waals surface area contributed by atoms with Crippen LogP contribution in [0.2, 0.25) is 0 Å². The molecule has 0 atom stereocenters. The molecule has 0 aliphatic heterocycles. The number of hydrogen-bond donors (Lipinski definition) is 2. The Morgan fingerprint density at radius 2 is 1.85 bits per heavy atom. The van der Waals surface area contributed by atoms with E-state index in [1.165, 1.54) is 24.3 Å². The number of nitrogens with two attached hydrogens (primary N) is 1. The molecule has 3 N–H and O–H groups in total. The van der Waals surface area contributed by atoms with E-state index in [2.05, 4.69) is 5.32 Å². The van der Waals surface area contributed by atoms with Gasteiger partial charge in [0.15, 0.2) is 0 Å². The number of likely N-dealkylation sites (N-methyl/N-ethyl adjacent to an activating group) is 1. The molecule has 0 aromatic heterocycles. The number of benzene rings is 2. The highest BCUT2D eigenvalue weighted by atomic mass is 32.2. The van der Waals surface area contributed by atoms with Crippen molar-refractivity contribution in [2.45, 2.75) is 24.8 Å². The third-order valence-corrected chi connectivity index (χ3v) is 5.03. The molecule has 6 nitrogen and oxygen atoms in total. The average molecular weight is 393 g/mol. The van der Waals surface area contributed by atoms with Gasteiger partial charge in [-0.2, -0.15) is 0 Å². The molecule has 2 aromatic rings. The summed E-state index contributed by atoms with van der Waals surface area (Å²) in [5, 5.41) is 7.90. The smallest absolute Gasteiger partial charge is 0.238 e. The summed E-state index contributed by atoms with van der Waals surface area (Å²) in [5.74, 6) is -0.407. The molecule has 27 heavy (non-hydrogen) atoms. The molecule has 0 fully saturated rings. The lowest BCUT2D eigenvalue weighted by atomic mass is 10.1. The minimum Gasteiger partial charge on any atom is -0.355 e. The van der Waals surface area contributed by atoms with Crippen molar-refractivity contribution in [3.8, 4) is 0 Å². The Balaban J connectivity index is 1.79. The van der Waals surface area contributed by atoms with Gasteiger partial charge in [-0.1, -0.05) is 31.2 Å². The fourth-order valence-electron chi connectivity index (χ4n) is 2.62. The van der Waals surface area contributed by atoms with Gasteiger partial charge in [0.05, 0.1) is 11.4 Å². The summed E-state index contributed by atoms with van der Waals surface area (Å²) in [6.07, 6.45) is 0.576. The molecule has 0 unspecified atom stereocenters. The Bertz CT molecular complexity index is 870. The Morgan fingerprint density at radius 3 is 2.44 bits per heavy atom. The van der Waals surface area contributed by atoms with Crippen LogP contribution in [0.4, 0.5) is 4.39 Å². The van der Waals surface area contributed by atoms with E-state index in [9.17, 15) is 17.6 Å². The number of rotatable bonds is 9. The summed E-state index contributed by atoms with van der Waals surface area (Å²) in [4.78, 5) is 14.1. The Morgan fingerprint density at radius 1 is 1.15 bits per heavy atom. The predicted octanol–water partition coefficient (Wildman–Crippen LogP) is 1.65. The number of nitrogens with zero attached hydrogens (tertiary/aromatic N) is 1. The number of nitrogens with one attached hydrogen (secondary N) is 1. The van der Waals surface area contributed by atoms with Crippen molar-refractivity contribution in [3.63, 3.8) is 0 Å². The number of sulfonamides is 1. The van der Waals surface area contributed by atoms with Crippen molar-refractivity contribution in [3.05, 3.63) is 65.5 Å². The molecule has 2 rings (SSSR count). The summed E-state index contributed by atoms with van der Waals surface area (Å²) in [6.45, 7) is 3.76. The van der Waals surface area contributed by atoms with Gasteiger partial charge in [0.2, 0.25) is 15.9 Å². The Labute approximate surface area is 159 Å². The fourth-order valence-corrected chi connectivity index (χ4v) is 3.14. The van der Waals surface area contributed by atoms with Crippen LogP contribution in [-0.2, 0) is 27.8 Å². The van der Waals surface area contributed by atoms with E-state index in [1.54, 1.807) is 18.2 Å². The van der Waals surface area contributed by atoms with Crippen molar-refractivity contribution in [2.24, 2.45) is 5.14 Å². The molecule has 0 heterocycles. The molecule has 0 aliphatic carbocycles. The quantitative estimate of drug-likeness (QED) is 0.678. The van der Waals surface area contributed by atoms with E-state index >= 15 is 0 Å². The predicted molar refractivity (Wildman–Crippen MR) is 102 cm³/mol.